The van der Waals surface area contributed by atoms with E-state index >= 15 is 0 Å². The molecule has 1 heterocycles. The number of ether oxygens (including phenoxy) is 2. The highest BCUT2D eigenvalue weighted by Crippen LogP contribution is 2.25. The number of phenols is 1. The predicted molar refractivity (Wildman–Crippen MR) is 74.5 cm³/mol. The van der Waals surface area contributed by atoms with Crippen molar-refractivity contribution in [3.8, 4) is 5.75 Å². The molecule has 1 N–H and O–H groups in total. The van der Waals surface area contributed by atoms with Crippen LogP contribution in [0.15, 0.2) is 12.1 Å². The van der Waals surface area contributed by atoms with Crippen molar-refractivity contribution in [3.63, 3.8) is 0 Å². The Kier molecular flexibility index (Phi) is 4.45. The Hall–Kier alpha value is -1.10. The van der Waals surface area contributed by atoms with Gasteiger partial charge in [-0.25, -0.2) is 0 Å². The van der Waals surface area contributed by atoms with E-state index in [0.717, 1.165) is 30.8 Å². The van der Waals surface area contributed by atoms with Gasteiger partial charge in [0.25, 0.3) is 0 Å². The zero-order valence-corrected chi connectivity index (χ0v) is 12.1. The summed E-state index contributed by atoms with van der Waals surface area (Å²) in [6, 6.07) is 4.09. The van der Waals surface area contributed by atoms with Gasteiger partial charge in [0, 0.05) is 33.9 Å². The van der Waals surface area contributed by atoms with E-state index in [0.29, 0.717) is 5.75 Å². The summed E-state index contributed by atoms with van der Waals surface area (Å²) in [4.78, 5) is 2.33. The van der Waals surface area contributed by atoms with E-state index in [4.69, 9.17) is 9.47 Å². The largest absolute Gasteiger partial charge is 0.507 e. The molecule has 1 aliphatic heterocycles. The molecule has 0 aliphatic carbocycles. The van der Waals surface area contributed by atoms with E-state index in [-0.39, 0.29) is 12.2 Å². The van der Waals surface area contributed by atoms with Crippen molar-refractivity contribution in [2.45, 2.75) is 32.6 Å². The van der Waals surface area contributed by atoms with E-state index in [2.05, 4.69) is 4.90 Å². The van der Waals surface area contributed by atoms with Gasteiger partial charge in [-0.2, -0.15) is 0 Å². The zero-order chi connectivity index (χ0) is 14.0. The van der Waals surface area contributed by atoms with Gasteiger partial charge < -0.3 is 14.6 Å². The number of benzene rings is 1. The van der Waals surface area contributed by atoms with Crippen molar-refractivity contribution in [1.29, 1.82) is 0 Å². The lowest BCUT2D eigenvalue weighted by molar-refractivity contribution is -0.00461. The smallest absolute Gasteiger partial charge is 0.121 e. The van der Waals surface area contributed by atoms with E-state index in [9.17, 15) is 5.11 Å². The summed E-state index contributed by atoms with van der Waals surface area (Å²) in [6.45, 7) is 6.50. The molecule has 4 heteroatoms. The first-order valence-corrected chi connectivity index (χ1v) is 6.62. The third-order valence-electron chi connectivity index (χ3n) is 3.85. The Morgan fingerprint density at radius 3 is 2.00 bits per heavy atom. The summed E-state index contributed by atoms with van der Waals surface area (Å²) in [5.74, 6) is 0.398. The minimum absolute atomic E-state index is 0.143. The van der Waals surface area contributed by atoms with Crippen LogP contribution in [0.2, 0.25) is 0 Å². The molecule has 2 unspecified atom stereocenters. The number of likely N-dealkylation sites (tertiary alicyclic amines) is 1. The molecule has 0 amide bonds. The fourth-order valence-corrected chi connectivity index (χ4v) is 2.80. The third-order valence-corrected chi connectivity index (χ3v) is 3.85. The van der Waals surface area contributed by atoms with Crippen molar-refractivity contribution in [3.05, 3.63) is 28.8 Å². The highest BCUT2D eigenvalue weighted by Gasteiger charge is 2.32. The number of methoxy groups -OCH3 is 2. The highest BCUT2D eigenvalue weighted by atomic mass is 16.5. The number of rotatable bonds is 4. The summed E-state index contributed by atoms with van der Waals surface area (Å²) < 4.78 is 10.9. The van der Waals surface area contributed by atoms with E-state index in [1.807, 2.05) is 26.0 Å². The number of phenolic OH excluding ortho intramolecular Hbond substituents is 1. The number of aromatic hydroxyl groups is 1. The van der Waals surface area contributed by atoms with Crippen LogP contribution in [0.25, 0.3) is 0 Å². The lowest BCUT2D eigenvalue weighted by Gasteiger charge is -2.16. The van der Waals surface area contributed by atoms with Gasteiger partial charge in [0.15, 0.2) is 0 Å². The second kappa shape index (κ2) is 5.90. The Morgan fingerprint density at radius 2 is 1.58 bits per heavy atom. The van der Waals surface area contributed by atoms with Crippen molar-refractivity contribution < 1.29 is 14.6 Å². The van der Waals surface area contributed by atoms with Crippen LogP contribution < -0.4 is 0 Å². The monoisotopic (exact) mass is 265 g/mol. The summed E-state index contributed by atoms with van der Waals surface area (Å²) >= 11 is 0. The van der Waals surface area contributed by atoms with Crippen molar-refractivity contribution >= 4 is 0 Å². The molecule has 2 atom stereocenters. The number of aryl methyl sites for hydroxylation is 2. The molecular weight excluding hydrogens is 242 g/mol. The van der Waals surface area contributed by atoms with Gasteiger partial charge in [-0.3, -0.25) is 4.90 Å². The molecule has 1 fully saturated rings. The second-order valence-electron chi connectivity index (χ2n) is 5.32. The fraction of sp³-hybridized carbons (Fsp3) is 0.600. The first-order valence-electron chi connectivity index (χ1n) is 6.62. The topological polar surface area (TPSA) is 41.9 Å². The standard InChI is InChI=1S/C15H23NO3/c1-10-5-12(6-11(2)15(10)17)7-16-8-13(18-3)14(9-16)19-4/h5-6,13-14,17H,7-9H2,1-4H3. The van der Waals surface area contributed by atoms with E-state index in [1.165, 1.54) is 5.56 Å². The Bertz CT molecular complexity index is 412. The Labute approximate surface area is 114 Å². The van der Waals surface area contributed by atoms with Crippen molar-refractivity contribution in [1.82, 2.24) is 4.90 Å². The number of hydrogen-bond donors (Lipinski definition) is 1. The molecule has 1 saturated heterocycles. The molecule has 2 rings (SSSR count). The van der Waals surface area contributed by atoms with Crippen LogP contribution in [0.4, 0.5) is 0 Å². The van der Waals surface area contributed by atoms with Gasteiger partial charge in [-0.05, 0) is 30.5 Å². The van der Waals surface area contributed by atoms with Crippen LogP contribution in [-0.4, -0.2) is 49.5 Å². The third kappa shape index (κ3) is 3.08. The zero-order valence-electron chi connectivity index (χ0n) is 12.1. The summed E-state index contributed by atoms with van der Waals surface area (Å²) in [5.41, 5.74) is 3.08. The molecule has 0 aromatic heterocycles. The van der Waals surface area contributed by atoms with Crippen LogP contribution in [0.5, 0.6) is 5.75 Å². The maximum absolute atomic E-state index is 9.80. The molecule has 1 aliphatic rings. The van der Waals surface area contributed by atoms with Gasteiger partial charge >= 0.3 is 0 Å². The lowest BCUT2D eigenvalue weighted by atomic mass is 10.1. The maximum atomic E-state index is 9.80. The SMILES string of the molecule is COC1CN(Cc2cc(C)c(O)c(C)c2)CC1OC. The van der Waals surface area contributed by atoms with Gasteiger partial charge in [0.2, 0.25) is 0 Å². The normalized spacial score (nSPS) is 24.0. The maximum Gasteiger partial charge on any atom is 0.121 e. The minimum atomic E-state index is 0.143. The van der Waals surface area contributed by atoms with Gasteiger partial charge in [-0.1, -0.05) is 12.1 Å². The number of hydrogen-bond acceptors (Lipinski definition) is 4. The summed E-state index contributed by atoms with van der Waals surface area (Å²) in [7, 11) is 3.46. The molecule has 4 nitrogen and oxygen atoms in total. The molecule has 0 radical (unpaired) electrons. The first-order chi connectivity index (χ1) is 9.05. The van der Waals surface area contributed by atoms with Crippen LogP contribution in [0.3, 0.4) is 0 Å². The average molecular weight is 265 g/mol. The van der Waals surface area contributed by atoms with Crippen LogP contribution >= 0.6 is 0 Å². The minimum Gasteiger partial charge on any atom is -0.507 e. The quantitative estimate of drug-likeness (QED) is 0.902. The predicted octanol–water partition coefficient (Wildman–Crippen LogP) is 1.85. The molecule has 0 saturated carbocycles. The Balaban J connectivity index is 2.06. The van der Waals surface area contributed by atoms with Crippen LogP contribution in [0, 0.1) is 13.8 Å². The Morgan fingerprint density at radius 1 is 1.11 bits per heavy atom. The van der Waals surface area contributed by atoms with Crippen molar-refractivity contribution in [2.75, 3.05) is 27.3 Å². The molecule has 19 heavy (non-hydrogen) atoms. The number of nitrogens with zero attached hydrogens (tertiary/aromatic N) is 1. The molecule has 1 aromatic rings. The molecule has 0 bridgehead atoms. The molecule has 106 valence electrons. The van der Waals surface area contributed by atoms with Gasteiger partial charge in [0.05, 0.1) is 12.2 Å². The van der Waals surface area contributed by atoms with Crippen LogP contribution in [0.1, 0.15) is 16.7 Å². The lowest BCUT2D eigenvalue weighted by Crippen LogP contribution is -2.27. The van der Waals surface area contributed by atoms with Crippen LogP contribution in [-0.2, 0) is 16.0 Å². The van der Waals surface area contributed by atoms with E-state index in [1.54, 1.807) is 14.2 Å². The van der Waals surface area contributed by atoms with Gasteiger partial charge in [-0.15, -0.1) is 0 Å². The molecule has 0 spiro atoms. The first kappa shape index (κ1) is 14.3. The highest BCUT2D eigenvalue weighted by molar-refractivity contribution is 5.42. The van der Waals surface area contributed by atoms with Crippen molar-refractivity contribution in [2.24, 2.45) is 0 Å². The summed E-state index contributed by atoms with van der Waals surface area (Å²) in [6.07, 6.45) is 0.286. The molecule has 1 aromatic carbocycles. The second-order valence-corrected chi connectivity index (χ2v) is 5.32. The van der Waals surface area contributed by atoms with Gasteiger partial charge in [0.1, 0.15) is 5.75 Å². The summed E-state index contributed by atoms with van der Waals surface area (Å²) in [5, 5.41) is 9.80. The average Bonchev–Trinajstić information content (AvgIpc) is 2.78. The van der Waals surface area contributed by atoms with E-state index < -0.39 is 0 Å². The molecular formula is C15H23NO3. The fourth-order valence-electron chi connectivity index (χ4n) is 2.80.